The van der Waals surface area contributed by atoms with E-state index in [-0.39, 0.29) is 12.5 Å². The first-order valence-corrected chi connectivity index (χ1v) is 9.68. The van der Waals surface area contributed by atoms with Crippen LogP contribution in [0.15, 0.2) is 66.9 Å². The summed E-state index contributed by atoms with van der Waals surface area (Å²) in [6.07, 6.45) is 4.69. The van der Waals surface area contributed by atoms with Gasteiger partial charge in [-0.2, -0.15) is 0 Å². The van der Waals surface area contributed by atoms with Gasteiger partial charge in [-0.25, -0.2) is 4.98 Å². The molecule has 3 aromatic rings. The van der Waals surface area contributed by atoms with Crippen LogP contribution in [0.3, 0.4) is 0 Å². The Labute approximate surface area is 164 Å². The van der Waals surface area contributed by atoms with E-state index in [9.17, 15) is 4.79 Å². The second-order valence-corrected chi connectivity index (χ2v) is 7.08. The Kier molecular flexibility index (Phi) is 5.33. The molecule has 1 aliphatic rings. The van der Waals surface area contributed by atoms with Crippen LogP contribution in [0.5, 0.6) is 0 Å². The maximum absolute atomic E-state index is 11.0. The second kappa shape index (κ2) is 8.21. The fourth-order valence-corrected chi connectivity index (χ4v) is 3.85. The van der Waals surface area contributed by atoms with Crippen molar-refractivity contribution in [3.63, 3.8) is 0 Å². The lowest BCUT2D eigenvalue weighted by atomic mass is 10.0. The first kappa shape index (κ1) is 18.2. The summed E-state index contributed by atoms with van der Waals surface area (Å²) in [6, 6.07) is 20.4. The van der Waals surface area contributed by atoms with Crippen LogP contribution in [-0.2, 0) is 4.79 Å². The van der Waals surface area contributed by atoms with Crippen molar-refractivity contribution in [2.24, 2.45) is 0 Å². The van der Waals surface area contributed by atoms with E-state index in [0.717, 1.165) is 47.7 Å². The van der Waals surface area contributed by atoms with Gasteiger partial charge in [-0.05, 0) is 19.3 Å². The summed E-state index contributed by atoms with van der Waals surface area (Å²) < 4.78 is 0. The lowest BCUT2D eigenvalue weighted by Gasteiger charge is -2.26. The highest BCUT2D eigenvalue weighted by Crippen LogP contribution is 2.33. The molecule has 0 amide bonds. The van der Waals surface area contributed by atoms with Crippen molar-refractivity contribution >= 4 is 11.8 Å². The zero-order valence-corrected chi connectivity index (χ0v) is 15.7. The van der Waals surface area contributed by atoms with Crippen LogP contribution in [0.2, 0.25) is 0 Å². The van der Waals surface area contributed by atoms with Gasteiger partial charge in [-0.1, -0.05) is 60.7 Å². The summed E-state index contributed by atoms with van der Waals surface area (Å²) in [7, 11) is 0. The minimum absolute atomic E-state index is 0.183. The number of carbonyl (C=O) groups is 1. The van der Waals surface area contributed by atoms with E-state index in [2.05, 4.69) is 4.90 Å². The van der Waals surface area contributed by atoms with E-state index in [1.54, 1.807) is 0 Å². The van der Waals surface area contributed by atoms with Gasteiger partial charge < -0.3 is 10.0 Å². The molecular formula is C23H23N3O2. The Bertz CT molecular complexity index is 945. The molecule has 1 fully saturated rings. The van der Waals surface area contributed by atoms with Gasteiger partial charge >= 0.3 is 5.97 Å². The molecule has 1 aliphatic heterocycles. The van der Waals surface area contributed by atoms with Gasteiger partial charge in [0.1, 0.15) is 5.82 Å². The average molecular weight is 373 g/mol. The molecule has 2 aromatic carbocycles. The summed E-state index contributed by atoms with van der Waals surface area (Å²) in [6.45, 7) is 0.887. The molecule has 1 N–H and O–H groups in total. The smallest absolute Gasteiger partial charge is 0.303 e. The number of hydrogen-bond acceptors (Lipinski definition) is 4. The van der Waals surface area contributed by atoms with Crippen molar-refractivity contribution in [2.75, 3.05) is 11.4 Å². The van der Waals surface area contributed by atoms with Crippen LogP contribution in [0.4, 0.5) is 5.82 Å². The molecule has 1 atom stereocenters. The van der Waals surface area contributed by atoms with Crippen molar-refractivity contribution in [2.45, 2.75) is 31.7 Å². The van der Waals surface area contributed by atoms with Crippen molar-refractivity contribution < 1.29 is 9.90 Å². The maximum atomic E-state index is 11.0. The van der Waals surface area contributed by atoms with Crippen LogP contribution in [0.25, 0.3) is 22.5 Å². The average Bonchev–Trinajstić information content (AvgIpc) is 3.22. The minimum atomic E-state index is -0.748. The summed E-state index contributed by atoms with van der Waals surface area (Å²) in [4.78, 5) is 23.0. The summed E-state index contributed by atoms with van der Waals surface area (Å²) in [5.74, 6) is 0.0776. The third-order valence-corrected chi connectivity index (χ3v) is 5.22. The molecule has 0 aliphatic carbocycles. The minimum Gasteiger partial charge on any atom is -0.481 e. The van der Waals surface area contributed by atoms with Crippen LogP contribution >= 0.6 is 0 Å². The quantitative estimate of drug-likeness (QED) is 0.682. The zero-order valence-electron chi connectivity index (χ0n) is 15.7. The maximum Gasteiger partial charge on any atom is 0.303 e. The van der Waals surface area contributed by atoms with Gasteiger partial charge in [0.05, 0.1) is 17.6 Å². The lowest BCUT2D eigenvalue weighted by Crippen LogP contribution is -2.30. The van der Waals surface area contributed by atoms with Gasteiger partial charge in [-0.15, -0.1) is 0 Å². The molecular weight excluding hydrogens is 350 g/mol. The third-order valence-electron chi connectivity index (χ3n) is 5.22. The van der Waals surface area contributed by atoms with Crippen LogP contribution in [0.1, 0.15) is 25.7 Å². The molecule has 1 aromatic heterocycles. The third kappa shape index (κ3) is 3.88. The number of carboxylic acid groups (broad SMARTS) is 1. The number of anilines is 1. The number of benzene rings is 2. The molecule has 0 radical (unpaired) electrons. The van der Waals surface area contributed by atoms with Gasteiger partial charge in [0.25, 0.3) is 0 Å². The first-order valence-electron chi connectivity index (χ1n) is 9.68. The molecule has 0 spiro atoms. The summed E-state index contributed by atoms with van der Waals surface area (Å²) in [5.41, 5.74) is 3.77. The summed E-state index contributed by atoms with van der Waals surface area (Å²) in [5, 5.41) is 9.04. The first-order chi connectivity index (χ1) is 13.7. The Hall–Kier alpha value is -3.21. The summed E-state index contributed by atoms with van der Waals surface area (Å²) >= 11 is 0. The monoisotopic (exact) mass is 373 g/mol. The molecule has 2 heterocycles. The van der Waals surface area contributed by atoms with E-state index in [1.165, 1.54) is 0 Å². The van der Waals surface area contributed by atoms with E-state index >= 15 is 0 Å². The van der Waals surface area contributed by atoms with Crippen LogP contribution < -0.4 is 4.90 Å². The lowest BCUT2D eigenvalue weighted by molar-refractivity contribution is -0.137. The standard InChI is InChI=1S/C23H23N3O2/c27-21(28)14-13-19-12-7-15-26(19)20-16-24-22(17-8-3-1-4-9-17)23(25-20)18-10-5-2-6-11-18/h1-6,8-11,16,19H,7,12-15H2,(H,27,28). The molecule has 1 unspecified atom stereocenters. The molecule has 4 rings (SSSR count). The highest BCUT2D eigenvalue weighted by Gasteiger charge is 2.27. The number of aromatic nitrogens is 2. The number of carboxylic acids is 1. The van der Waals surface area contributed by atoms with Crippen LogP contribution in [0, 0.1) is 0 Å². The zero-order chi connectivity index (χ0) is 19.3. The van der Waals surface area contributed by atoms with Gasteiger partial charge in [0.2, 0.25) is 0 Å². The van der Waals surface area contributed by atoms with E-state index in [0.29, 0.717) is 6.42 Å². The van der Waals surface area contributed by atoms with Gasteiger partial charge in [-0.3, -0.25) is 9.78 Å². The number of aliphatic carboxylic acids is 1. The van der Waals surface area contributed by atoms with E-state index in [4.69, 9.17) is 15.1 Å². The Balaban J connectivity index is 1.73. The van der Waals surface area contributed by atoms with Crippen molar-refractivity contribution in [3.05, 3.63) is 66.9 Å². The number of rotatable bonds is 6. The highest BCUT2D eigenvalue weighted by molar-refractivity contribution is 5.78. The number of hydrogen-bond donors (Lipinski definition) is 1. The molecule has 0 saturated carbocycles. The van der Waals surface area contributed by atoms with Crippen LogP contribution in [-0.4, -0.2) is 33.6 Å². The molecule has 1 saturated heterocycles. The SMILES string of the molecule is O=C(O)CCC1CCCN1c1cnc(-c2ccccc2)c(-c2ccccc2)n1. The molecule has 5 heteroatoms. The fraction of sp³-hybridized carbons (Fsp3) is 0.261. The van der Waals surface area contributed by atoms with Gasteiger partial charge in [0.15, 0.2) is 0 Å². The van der Waals surface area contributed by atoms with Crippen molar-refractivity contribution in [1.82, 2.24) is 9.97 Å². The molecule has 28 heavy (non-hydrogen) atoms. The largest absolute Gasteiger partial charge is 0.481 e. The topological polar surface area (TPSA) is 66.3 Å². The Morgan fingerprint density at radius 2 is 1.64 bits per heavy atom. The second-order valence-electron chi connectivity index (χ2n) is 7.08. The Morgan fingerprint density at radius 3 is 2.29 bits per heavy atom. The van der Waals surface area contributed by atoms with Gasteiger partial charge in [0, 0.05) is 30.1 Å². The highest BCUT2D eigenvalue weighted by atomic mass is 16.4. The fourth-order valence-electron chi connectivity index (χ4n) is 3.85. The van der Waals surface area contributed by atoms with E-state index < -0.39 is 5.97 Å². The van der Waals surface area contributed by atoms with Crippen molar-refractivity contribution in [3.8, 4) is 22.5 Å². The molecule has 5 nitrogen and oxygen atoms in total. The Morgan fingerprint density at radius 1 is 1.00 bits per heavy atom. The predicted octanol–water partition coefficient (Wildman–Crippen LogP) is 4.64. The molecule has 142 valence electrons. The predicted molar refractivity (Wildman–Crippen MR) is 110 cm³/mol. The number of nitrogens with zero attached hydrogens (tertiary/aromatic N) is 3. The van der Waals surface area contributed by atoms with E-state index in [1.807, 2.05) is 66.9 Å². The normalized spacial score (nSPS) is 16.3. The molecule has 0 bridgehead atoms. The van der Waals surface area contributed by atoms with Crippen molar-refractivity contribution in [1.29, 1.82) is 0 Å².